The Morgan fingerprint density at radius 1 is 1.03 bits per heavy atom. The van der Waals surface area contributed by atoms with Gasteiger partial charge in [-0.15, -0.1) is 0 Å². The van der Waals surface area contributed by atoms with Crippen molar-refractivity contribution in [3.8, 4) is 5.75 Å². The van der Waals surface area contributed by atoms with E-state index in [1.165, 1.54) is 18.2 Å². The molecule has 3 rings (SSSR count). The van der Waals surface area contributed by atoms with Crippen molar-refractivity contribution in [3.05, 3.63) is 72.2 Å². The lowest BCUT2D eigenvalue weighted by Crippen LogP contribution is -2.51. The first-order chi connectivity index (χ1) is 13.7. The standard InChI is InChI=1S/C18H11Br2N3O6/c19-11-5-10(6-13-16(24)21-18(26)22-17(13)25)15(14(20)7-11)29-8-9-1-3-12(4-2-9)23(27)28/h1-7H,8H2,(H2,21,22,24,25,26). The molecule has 0 spiro atoms. The molecular weight excluding hydrogens is 514 g/mol. The number of nitro groups is 1. The number of hydrogen-bond donors (Lipinski definition) is 2. The third kappa shape index (κ3) is 4.87. The summed E-state index contributed by atoms with van der Waals surface area (Å²) in [6, 6.07) is 8.34. The number of benzene rings is 2. The number of amides is 4. The maximum atomic E-state index is 12.0. The second kappa shape index (κ2) is 8.53. The van der Waals surface area contributed by atoms with Gasteiger partial charge in [0.05, 0.1) is 9.40 Å². The van der Waals surface area contributed by atoms with Gasteiger partial charge in [0.15, 0.2) is 0 Å². The summed E-state index contributed by atoms with van der Waals surface area (Å²) in [6.07, 6.45) is 1.30. The summed E-state index contributed by atoms with van der Waals surface area (Å²) < 4.78 is 7.04. The quantitative estimate of drug-likeness (QED) is 0.267. The van der Waals surface area contributed by atoms with Gasteiger partial charge in [-0.05, 0) is 51.8 Å². The maximum Gasteiger partial charge on any atom is 0.328 e. The highest BCUT2D eigenvalue weighted by Crippen LogP contribution is 2.35. The van der Waals surface area contributed by atoms with Crippen LogP contribution in [-0.2, 0) is 16.2 Å². The van der Waals surface area contributed by atoms with Crippen LogP contribution in [0.15, 0.2) is 50.9 Å². The number of imide groups is 2. The minimum atomic E-state index is -0.887. The number of halogens is 2. The zero-order chi connectivity index (χ0) is 21.1. The number of nitro benzene ring substituents is 1. The molecule has 0 aromatic heterocycles. The highest BCUT2D eigenvalue weighted by molar-refractivity contribution is 9.11. The summed E-state index contributed by atoms with van der Waals surface area (Å²) >= 11 is 6.71. The molecule has 2 N–H and O–H groups in total. The molecule has 1 fully saturated rings. The number of rotatable bonds is 5. The number of carbonyl (C=O) groups is 3. The van der Waals surface area contributed by atoms with Crippen LogP contribution in [0.4, 0.5) is 10.5 Å². The topological polar surface area (TPSA) is 128 Å². The molecule has 9 nitrogen and oxygen atoms in total. The summed E-state index contributed by atoms with van der Waals surface area (Å²) in [5, 5.41) is 14.8. The molecule has 0 atom stereocenters. The van der Waals surface area contributed by atoms with E-state index < -0.39 is 22.8 Å². The Morgan fingerprint density at radius 2 is 1.66 bits per heavy atom. The van der Waals surface area contributed by atoms with Crippen LogP contribution in [0.25, 0.3) is 6.08 Å². The molecule has 2 aromatic rings. The van der Waals surface area contributed by atoms with E-state index in [0.717, 1.165) is 0 Å². The first-order valence-corrected chi connectivity index (χ1v) is 9.56. The second-order valence-corrected chi connectivity index (χ2v) is 7.58. The van der Waals surface area contributed by atoms with E-state index in [4.69, 9.17) is 4.74 Å². The third-order valence-electron chi connectivity index (χ3n) is 3.81. The predicted octanol–water partition coefficient (Wildman–Crippen LogP) is 3.45. The van der Waals surface area contributed by atoms with Crippen molar-refractivity contribution in [2.45, 2.75) is 6.61 Å². The molecule has 2 aromatic carbocycles. The fourth-order valence-electron chi connectivity index (χ4n) is 2.47. The maximum absolute atomic E-state index is 12.0. The fraction of sp³-hybridized carbons (Fsp3) is 0.0556. The Hall–Kier alpha value is -3.05. The van der Waals surface area contributed by atoms with Gasteiger partial charge >= 0.3 is 6.03 Å². The van der Waals surface area contributed by atoms with Gasteiger partial charge in [-0.25, -0.2) is 4.79 Å². The van der Waals surface area contributed by atoms with E-state index in [9.17, 15) is 24.5 Å². The zero-order valence-corrected chi connectivity index (χ0v) is 17.6. The highest BCUT2D eigenvalue weighted by atomic mass is 79.9. The van der Waals surface area contributed by atoms with Crippen LogP contribution in [0.2, 0.25) is 0 Å². The highest BCUT2D eigenvalue weighted by Gasteiger charge is 2.28. The van der Waals surface area contributed by atoms with Crippen LogP contribution in [0.3, 0.4) is 0 Å². The Bertz CT molecular complexity index is 1040. The van der Waals surface area contributed by atoms with Crippen molar-refractivity contribution in [2.75, 3.05) is 0 Å². The van der Waals surface area contributed by atoms with E-state index in [1.54, 1.807) is 24.3 Å². The van der Waals surface area contributed by atoms with E-state index in [1.807, 2.05) is 10.6 Å². The van der Waals surface area contributed by atoms with E-state index in [-0.39, 0.29) is 17.9 Å². The van der Waals surface area contributed by atoms with Crippen LogP contribution in [0, 0.1) is 10.1 Å². The van der Waals surface area contributed by atoms with Gasteiger partial charge in [-0.2, -0.15) is 0 Å². The monoisotopic (exact) mass is 523 g/mol. The van der Waals surface area contributed by atoms with Crippen molar-refractivity contribution < 1.29 is 24.0 Å². The lowest BCUT2D eigenvalue weighted by molar-refractivity contribution is -0.384. The summed E-state index contributed by atoms with van der Waals surface area (Å²) in [6.45, 7) is 0.0886. The molecule has 11 heteroatoms. The molecule has 148 valence electrons. The molecule has 1 heterocycles. The number of nitrogens with one attached hydrogen (secondary N) is 2. The molecule has 1 saturated heterocycles. The van der Waals surface area contributed by atoms with E-state index >= 15 is 0 Å². The average molecular weight is 525 g/mol. The van der Waals surface area contributed by atoms with Gasteiger partial charge in [0.2, 0.25) is 0 Å². The molecule has 4 amide bonds. The van der Waals surface area contributed by atoms with E-state index in [0.29, 0.717) is 25.8 Å². The van der Waals surface area contributed by atoms with Gasteiger partial charge in [0, 0.05) is 22.2 Å². The Balaban J connectivity index is 1.90. The molecular formula is C18H11Br2N3O6. The zero-order valence-electron chi connectivity index (χ0n) is 14.4. The predicted molar refractivity (Wildman–Crippen MR) is 109 cm³/mol. The molecule has 0 radical (unpaired) electrons. The van der Waals surface area contributed by atoms with Gasteiger partial charge in [-0.3, -0.25) is 30.3 Å². The summed E-state index contributed by atoms with van der Waals surface area (Å²) in [5.41, 5.74) is 0.799. The average Bonchev–Trinajstić information content (AvgIpc) is 2.64. The number of non-ortho nitro benzene ring substituents is 1. The van der Waals surface area contributed by atoms with Gasteiger partial charge in [0.25, 0.3) is 17.5 Å². The van der Waals surface area contributed by atoms with Crippen molar-refractivity contribution in [1.29, 1.82) is 0 Å². The van der Waals surface area contributed by atoms with Gasteiger partial charge in [0.1, 0.15) is 17.9 Å². The van der Waals surface area contributed by atoms with Gasteiger partial charge < -0.3 is 4.74 Å². The first kappa shape index (κ1) is 20.7. The second-order valence-electron chi connectivity index (χ2n) is 5.81. The number of carbonyl (C=O) groups excluding carboxylic acids is 3. The number of barbiturate groups is 1. The van der Waals surface area contributed by atoms with Crippen molar-refractivity contribution >= 4 is 61.5 Å². The largest absolute Gasteiger partial charge is 0.487 e. The van der Waals surface area contributed by atoms with Crippen molar-refractivity contribution in [2.24, 2.45) is 0 Å². The van der Waals surface area contributed by atoms with E-state index in [2.05, 4.69) is 31.9 Å². The third-order valence-corrected chi connectivity index (χ3v) is 4.86. The molecule has 1 aliphatic rings. The van der Waals surface area contributed by atoms with Crippen LogP contribution >= 0.6 is 31.9 Å². The molecule has 0 aliphatic carbocycles. The number of hydrogen-bond acceptors (Lipinski definition) is 6. The Labute approximate surface area is 180 Å². The molecule has 0 unspecified atom stereocenters. The fourth-order valence-corrected chi connectivity index (χ4v) is 3.84. The molecule has 0 saturated carbocycles. The van der Waals surface area contributed by atoms with Crippen LogP contribution < -0.4 is 15.4 Å². The lowest BCUT2D eigenvalue weighted by Gasteiger charge is -2.16. The number of nitrogens with zero attached hydrogens (tertiary/aromatic N) is 1. The molecule has 29 heavy (non-hydrogen) atoms. The minimum Gasteiger partial charge on any atom is -0.487 e. The van der Waals surface area contributed by atoms with Crippen LogP contribution in [0.1, 0.15) is 11.1 Å². The number of ether oxygens (including phenoxy) is 1. The Kier molecular flexibility index (Phi) is 6.09. The van der Waals surface area contributed by atoms with Crippen LogP contribution in [0.5, 0.6) is 5.75 Å². The van der Waals surface area contributed by atoms with Crippen LogP contribution in [-0.4, -0.2) is 22.8 Å². The Morgan fingerprint density at radius 3 is 2.24 bits per heavy atom. The van der Waals surface area contributed by atoms with Gasteiger partial charge in [-0.1, -0.05) is 15.9 Å². The van der Waals surface area contributed by atoms with Crippen molar-refractivity contribution in [3.63, 3.8) is 0 Å². The number of urea groups is 1. The normalized spacial score (nSPS) is 13.6. The molecule has 0 bridgehead atoms. The lowest BCUT2D eigenvalue weighted by atomic mass is 10.1. The summed E-state index contributed by atoms with van der Waals surface area (Å²) in [7, 11) is 0. The first-order valence-electron chi connectivity index (χ1n) is 7.98. The summed E-state index contributed by atoms with van der Waals surface area (Å²) in [5.74, 6) is -1.30. The smallest absolute Gasteiger partial charge is 0.328 e. The molecule has 1 aliphatic heterocycles. The minimum absolute atomic E-state index is 0.0344. The summed E-state index contributed by atoms with van der Waals surface area (Å²) in [4.78, 5) is 45.4. The SMILES string of the molecule is O=C1NC(=O)C(=Cc2cc(Br)cc(Br)c2OCc2ccc([N+](=O)[O-])cc2)C(=O)N1. The van der Waals surface area contributed by atoms with Crippen molar-refractivity contribution in [1.82, 2.24) is 10.6 Å².